The second-order valence-electron chi connectivity index (χ2n) is 4.83. The Bertz CT molecular complexity index is 370. The molecule has 0 saturated carbocycles. The van der Waals surface area contributed by atoms with Gasteiger partial charge in [0.1, 0.15) is 5.76 Å². The number of hydrogen-bond donors (Lipinski definition) is 1. The molecule has 1 aromatic heterocycles. The van der Waals surface area contributed by atoms with Crippen LogP contribution in [0.15, 0.2) is 21.2 Å². The van der Waals surface area contributed by atoms with Crippen LogP contribution in [-0.2, 0) is 6.54 Å². The first kappa shape index (κ1) is 11.7. The fourth-order valence-corrected chi connectivity index (χ4v) is 2.82. The Morgan fingerprint density at radius 2 is 2.00 bits per heavy atom. The molecule has 2 fully saturated rings. The van der Waals surface area contributed by atoms with Crippen molar-refractivity contribution in [3.63, 3.8) is 0 Å². The molecule has 2 aliphatic rings. The minimum atomic E-state index is 0.787. The van der Waals surface area contributed by atoms with E-state index in [1.54, 1.807) is 0 Å². The maximum absolute atomic E-state index is 5.54. The summed E-state index contributed by atoms with van der Waals surface area (Å²) in [6.07, 6.45) is 0. The van der Waals surface area contributed by atoms with Gasteiger partial charge in [0.25, 0.3) is 0 Å². The van der Waals surface area contributed by atoms with Gasteiger partial charge in [-0.05, 0) is 28.1 Å². The Kier molecular flexibility index (Phi) is 3.51. The van der Waals surface area contributed by atoms with Gasteiger partial charge < -0.3 is 9.73 Å². The number of nitrogens with one attached hydrogen (secondary N) is 1. The van der Waals surface area contributed by atoms with Crippen molar-refractivity contribution in [2.45, 2.75) is 12.6 Å². The molecule has 0 spiro atoms. The van der Waals surface area contributed by atoms with E-state index in [0.29, 0.717) is 0 Å². The van der Waals surface area contributed by atoms with Crippen LogP contribution in [0, 0.1) is 0 Å². The lowest BCUT2D eigenvalue weighted by Gasteiger charge is -2.43. The van der Waals surface area contributed by atoms with Crippen molar-refractivity contribution in [3.05, 3.63) is 22.6 Å². The van der Waals surface area contributed by atoms with Crippen LogP contribution in [0.1, 0.15) is 5.76 Å². The zero-order valence-electron chi connectivity index (χ0n) is 9.86. The maximum Gasteiger partial charge on any atom is 0.169 e. The summed E-state index contributed by atoms with van der Waals surface area (Å²) in [7, 11) is 0. The Labute approximate surface area is 110 Å². The molecule has 1 N–H and O–H groups in total. The molecule has 1 aromatic rings. The van der Waals surface area contributed by atoms with Crippen molar-refractivity contribution in [1.29, 1.82) is 0 Å². The highest BCUT2D eigenvalue weighted by atomic mass is 79.9. The van der Waals surface area contributed by atoms with Gasteiger partial charge in [0, 0.05) is 45.3 Å². The molecule has 2 aliphatic heterocycles. The fraction of sp³-hybridized carbons (Fsp3) is 0.667. The molecule has 2 saturated heterocycles. The quantitative estimate of drug-likeness (QED) is 0.907. The summed E-state index contributed by atoms with van der Waals surface area (Å²) in [6.45, 7) is 7.95. The highest BCUT2D eigenvalue weighted by Gasteiger charge is 2.27. The van der Waals surface area contributed by atoms with E-state index in [2.05, 4.69) is 31.0 Å². The van der Waals surface area contributed by atoms with Gasteiger partial charge in [0.05, 0.1) is 6.54 Å². The van der Waals surface area contributed by atoms with Gasteiger partial charge in [-0.15, -0.1) is 0 Å². The largest absolute Gasteiger partial charge is 0.453 e. The van der Waals surface area contributed by atoms with E-state index in [-0.39, 0.29) is 0 Å². The van der Waals surface area contributed by atoms with Crippen molar-refractivity contribution in [2.24, 2.45) is 0 Å². The number of nitrogens with zero attached hydrogens (tertiary/aromatic N) is 2. The lowest BCUT2D eigenvalue weighted by atomic mass is 10.1. The lowest BCUT2D eigenvalue weighted by molar-refractivity contribution is 0.0664. The van der Waals surface area contributed by atoms with E-state index in [0.717, 1.165) is 36.1 Å². The van der Waals surface area contributed by atoms with Gasteiger partial charge in [-0.3, -0.25) is 9.80 Å². The van der Waals surface area contributed by atoms with Crippen molar-refractivity contribution < 1.29 is 4.42 Å². The van der Waals surface area contributed by atoms with E-state index >= 15 is 0 Å². The van der Waals surface area contributed by atoms with Gasteiger partial charge in [-0.1, -0.05) is 0 Å². The van der Waals surface area contributed by atoms with Crippen LogP contribution in [-0.4, -0.2) is 55.1 Å². The van der Waals surface area contributed by atoms with Crippen LogP contribution < -0.4 is 5.32 Å². The third kappa shape index (κ3) is 2.73. The topological polar surface area (TPSA) is 31.6 Å². The van der Waals surface area contributed by atoms with Crippen LogP contribution in [0.2, 0.25) is 0 Å². The maximum atomic E-state index is 5.54. The summed E-state index contributed by atoms with van der Waals surface area (Å²) in [6, 6.07) is 4.80. The molecule has 0 amide bonds. The van der Waals surface area contributed by atoms with Gasteiger partial charge in [0.15, 0.2) is 4.67 Å². The SMILES string of the molecule is Brc1ccc(CN2CCN(C3CNC3)CC2)o1. The van der Waals surface area contributed by atoms with E-state index in [1.807, 2.05) is 12.1 Å². The zero-order valence-corrected chi connectivity index (χ0v) is 11.4. The Hall–Kier alpha value is -0.360. The normalized spacial score (nSPS) is 23.8. The number of halogens is 1. The van der Waals surface area contributed by atoms with Crippen LogP contribution in [0.4, 0.5) is 0 Å². The highest BCUT2D eigenvalue weighted by Crippen LogP contribution is 2.17. The molecule has 4 nitrogen and oxygen atoms in total. The van der Waals surface area contributed by atoms with Crippen molar-refractivity contribution in [3.8, 4) is 0 Å². The molecule has 3 heterocycles. The minimum Gasteiger partial charge on any atom is -0.453 e. The summed E-state index contributed by atoms with van der Waals surface area (Å²) in [4.78, 5) is 5.07. The molecular weight excluding hydrogens is 282 g/mol. The molecule has 3 rings (SSSR count). The Morgan fingerprint density at radius 3 is 2.53 bits per heavy atom. The molecule has 0 unspecified atom stereocenters. The monoisotopic (exact) mass is 299 g/mol. The van der Waals surface area contributed by atoms with Crippen molar-refractivity contribution in [2.75, 3.05) is 39.3 Å². The predicted molar refractivity (Wildman–Crippen MR) is 69.9 cm³/mol. The van der Waals surface area contributed by atoms with Gasteiger partial charge in [0.2, 0.25) is 0 Å². The first-order valence-corrected chi connectivity index (χ1v) is 7.02. The summed E-state index contributed by atoms with van der Waals surface area (Å²) in [5, 5.41) is 3.34. The van der Waals surface area contributed by atoms with E-state index in [9.17, 15) is 0 Å². The second kappa shape index (κ2) is 5.10. The molecular formula is C12H18BrN3O. The Balaban J connectivity index is 1.47. The van der Waals surface area contributed by atoms with E-state index in [4.69, 9.17) is 4.42 Å². The van der Waals surface area contributed by atoms with Crippen LogP contribution in [0.25, 0.3) is 0 Å². The molecule has 17 heavy (non-hydrogen) atoms. The molecule has 0 bridgehead atoms. The molecule has 0 radical (unpaired) electrons. The van der Waals surface area contributed by atoms with Crippen LogP contribution >= 0.6 is 15.9 Å². The lowest BCUT2D eigenvalue weighted by Crippen LogP contribution is -2.61. The molecule has 0 atom stereocenters. The highest BCUT2D eigenvalue weighted by molar-refractivity contribution is 9.10. The Morgan fingerprint density at radius 1 is 1.24 bits per heavy atom. The van der Waals surface area contributed by atoms with E-state index in [1.165, 1.54) is 26.2 Å². The average Bonchev–Trinajstić information content (AvgIpc) is 2.64. The van der Waals surface area contributed by atoms with E-state index < -0.39 is 0 Å². The molecule has 0 aliphatic carbocycles. The molecule has 0 aromatic carbocycles. The third-order valence-corrected chi connectivity index (χ3v) is 4.12. The summed E-state index contributed by atoms with van der Waals surface area (Å²) in [5.41, 5.74) is 0. The van der Waals surface area contributed by atoms with Gasteiger partial charge in [-0.25, -0.2) is 0 Å². The predicted octanol–water partition coefficient (Wildman–Crippen LogP) is 1.13. The van der Waals surface area contributed by atoms with Gasteiger partial charge in [-0.2, -0.15) is 0 Å². The standard InChI is InChI=1S/C12H18BrN3O/c13-12-2-1-11(17-12)9-15-3-5-16(6-4-15)10-7-14-8-10/h1-2,10,14H,3-9H2. The summed E-state index contributed by atoms with van der Waals surface area (Å²) in [5.74, 6) is 1.05. The zero-order chi connectivity index (χ0) is 11.7. The number of furan rings is 1. The van der Waals surface area contributed by atoms with Gasteiger partial charge >= 0.3 is 0 Å². The van der Waals surface area contributed by atoms with Crippen LogP contribution in [0.5, 0.6) is 0 Å². The average molecular weight is 300 g/mol. The fourth-order valence-electron chi connectivity index (χ4n) is 2.48. The van der Waals surface area contributed by atoms with Crippen molar-refractivity contribution in [1.82, 2.24) is 15.1 Å². The molecule has 94 valence electrons. The van der Waals surface area contributed by atoms with Crippen molar-refractivity contribution >= 4 is 15.9 Å². The number of rotatable bonds is 3. The first-order chi connectivity index (χ1) is 8.31. The smallest absolute Gasteiger partial charge is 0.169 e. The summed E-state index contributed by atoms with van der Waals surface area (Å²) >= 11 is 3.34. The number of hydrogen-bond acceptors (Lipinski definition) is 4. The van der Waals surface area contributed by atoms with Crippen LogP contribution in [0.3, 0.4) is 0 Å². The number of piperazine rings is 1. The second-order valence-corrected chi connectivity index (χ2v) is 5.61. The summed E-state index contributed by atoms with van der Waals surface area (Å²) < 4.78 is 6.37. The third-order valence-electron chi connectivity index (χ3n) is 3.69. The molecule has 5 heteroatoms. The minimum absolute atomic E-state index is 0.787. The first-order valence-electron chi connectivity index (χ1n) is 6.22.